The molecule has 2 amide bonds. The van der Waals surface area contributed by atoms with Gasteiger partial charge < -0.3 is 19.6 Å². The summed E-state index contributed by atoms with van der Waals surface area (Å²) in [6.45, 7) is 7.52. The number of carbonyl (C=O) groups is 4. The highest BCUT2D eigenvalue weighted by atomic mass is 16.5. The number of rotatable bonds is 1. The van der Waals surface area contributed by atoms with Crippen molar-refractivity contribution in [2.75, 3.05) is 19.7 Å². The molecule has 3 aliphatic rings. The number of carboxylic acid groups (broad SMARTS) is 1. The van der Waals surface area contributed by atoms with Gasteiger partial charge >= 0.3 is 12.1 Å². The number of esters is 1. The number of ketones is 1. The minimum atomic E-state index is -1.22. The Morgan fingerprint density at radius 2 is 1.77 bits per heavy atom. The van der Waals surface area contributed by atoms with Crippen molar-refractivity contribution in [1.29, 1.82) is 0 Å². The fraction of sp³-hybridized carbons (Fsp3) is 0.667. The number of cyclic esters (lactones) is 1. The summed E-state index contributed by atoms with van der Waals surface area (Å²) in [6, 6.07) is -0.703. The van der Waals surface area contributed by atoms with E-state index in [0.717, 1.165) is 0 Å². The summed E-state index contributed by atoms with van der Waals surface area (Å²) in [5.41, 5.74) is -0.951. The molecular weight excluding hydrogens is 340 g/mol. The standard InChI is InChI=1S/C18H24N2O6/c1-10-11(9-26-14(10)22)20-12(17(2,3)4)13(21)18(15(20)23)5-7-19(8-6-18)16(24)25/h12H,5-9H2,1-4H3,(H,24,25). The van der Waals surface area contributed by atoms with Gasteiger partial charge in [0.15, 0.2) is 5.78 Å². The summed E-state index contributed by atoms with van der Waals surface area (Å²) in [5.74, 6) is -0.991. The number of hydrogen-bond acceptors (Lipinski definition) is 5. The first-order valence-electron chi connectivity index (χ1n) is 8.73. The van der Waals surface area contributed by atoms with Gasteiger partial charge in [-0.1, -0.05) is 20.8 Å². The molecule has 1 spiro atoms. The van der Waals surface area contributed by atoms with Gasteiger partial charge in [0.05, 0.1) is 11.3 Å². The van der Waals surface area contributed by atoms with Crippen molar-refractivity contribution in [1.82, 2.24) is 9.80 Å². The zero-order valence-corrected chi connectivity index (χ0v) is 15.5. The van der Waals surface area contributed by atoms with E-state index in [1.165, 1.54) is 9.80 Å². The molecule has 142 valence electrons. The first-order chi connectivity index (χ1) is 12.0. The fourth-order valence-electron chi connectivity index (χ4n) is 4.15. The molecule has 2 saturated heterocycles. The van der Waals surface area contributed by atoms with E-state index >= 15 is 0 Å². The van der Waals surface area contributed by atoms with E-state index in [4.69, 9.17) is 9.84 Å². The van der Waals surface area contributed by atoms with E-state index in [2.05, 4.69) is 0 Å². The van der Waals surface area contributed by atoms with E-state index in [1.807, 2.05) is 20.8 Å². The second-order valence-electron chi connectivity index (χ2n) is 8.31. The lowest BCUT2D eigenvalue weighted by atomic mass is 9.71. The zero-order chi connectivity index (χ0) is 19.4. The first-order valence-corrected chi connectivity index (χ1v) is 8.73. The van der Waals surface area contributed by atoms with Gasteiger partial charge in [0.25, 0.3) is 0 Å². The first kappa shape index (κ1) is 18.4. The quantitative estimate of drug-likeness (QED) is 0.557. The van der Waals surface area contributed by atoms with Crippen molar-refractivity contribution >= 4 is 23.8 Å². The van der Waals surface area contributed by atoms with E-state index < -0.39 is 28.9 Å². The normalized spacial score (nSPS) is 26.2. The van der Waals surface area contributed by atoms with Gasteiger partial charge in [0.1, 0.15) is 18.1 Å². The van der Waals surface area contributed by atoms with Crippen LogP contribution < -0.4 is 0 Å². The molecule has 1 N–H and O–H groups in total. The number of amides is 2. The largest absolute Gasteiger partial charge is 0.465 e. The average molecular weight is 364 g/mol. The molecule has 0 aliphatic carbocycles. The molecule has 3 heterocycles. The van der Waals surface area contributed by atoms with Crippen LogP contribution in [0.3, 0.4) is 0 Å². The highest BCUT2D eigenvalue weighted by molar-refractivity contribution is 6.16. The van der Waals surface area contributed by atoms with E-state index in [-0.39, 0.29) is 44.2 Å². The Hall–Kier alpha value is -2.38. The number of likely N-dealkylation sites (tertiary alicyclic amines) is 2. The van der Waals surface area contributed by atoms with Gasteiger partial charge in [0, 0.05) is 13.1 Å². The van der Waals surface area contributed by atoms with Gasteiger partial charge in [0.2, 0.25) is 5.91 Å². The topological polar surface area (TPSA) is 104 Å². The molecule has 2 fully saturated rings. The molecule has 0 bridgehead atoms. The van der Waals surface area contributed by atoms with Gasteiger partial charge in [-0.05, 0) is 25.2 Å². The second-order valence-corrected chi connectivity index (χ2v) is 8.31. The third-order valence-corrected chi connectivity index (χ3v) is 5.68. The maximum atomic E-state index is 13.4. The van der Waals surface area contributed by atoms with Crippen LogP contribution in [0.15, 0.2) is 11.3 Å². The Morgan fingerprint density at radius 3 is 2.19 bits per heavy atom. The molecule has 3 aliphatic heterocycles. The Balaban J connectivity index is 2.03. The molecule has 0 radical (unpaired) electrons. The molecule has 0 aromatic rings. The predicted octanol–water partition coefficient (Wildman–Crippen LogP) is 1.40. The van der Waals surface area contributed by atoms with Crippen LogP contribution in [0.2, 0.25) is 0 Å². The summed E-state index contributed by atoms with van der Waals surface area (Å²) in [7, 11) is 0. The summed E-state index contributed by atoms with van der Waals surface area (Å²) < 4.78 is 5.05. The van der Waals surface area contributed by atoms with Crippen molar-refractivity contribution in [3.8, 4) is 0 Å². The minimum absolute atomic E-state index is 0.0202. The number of carbonyl (C=O) groups excluding carboxylic acids is 3. The summed E-state index contributed by atoms with van der Waals surface area (Å²) in [6.07, 6.45) is -0.710. The third-order valence-electron chi connectivity index (χ3n) is 5.68. The number of piperidine rings is 1. The number of nitrogens with zero attached hydrogens (tertiary/aromatic N) is 2. The van der Waals surface area contributed by atoms with Gasteiger partial charge in [-0.3, -0.25) is 9.59 Å². The lowest BCUT2D eigenvalue weighted by molar-refractivity contribution is -0.142. The van der Waals surface area contributed by atoms with E-state index in [1.54, 1.807) is 6.92 Å². The average Bonchev–Trinajstić information content (AvgIpc) is 2.98. The van der Waals surface area contributed by atoms with Crippen LogP contribution in [0.5, 0.6) is 0 Å². The Kier molecular flexibility index (Phi) is 4.12. The Morgan fingerprint density at radius 1 is 1.19 bits per heavy atom. The molecule has 0 aromatic carbocycles. The molecule has 0 aromatic heterocycles. The molecule has 8 heteroatoms. The molecular formula is C18H24N2O6. The van der Waals surface area contributed by atoms with Crippen molar-refractivity contribution in [2.45, 2.75) is 46.6 Å². The molecule has 1 atom stereocenters. The van der Waals surface area contributed by atoms with Gasteiger partial charge in [-0.2, -0.15) is 0 Å². The number of Topliss-reactive ketones (excluding diaryl/α,β-unsaturated/α-hetero) is 1. The summed E-state index contributed by atoms with van der Waals surface area (Å²) in [4.78, 5) is 52.5. The number of hydrogen-bond donors (Lipinski definition) is 1. The second kappa shape index (κ2) is 5.82. The van der Waals surface area contributed by atoms with Crippen LogP contribution in [0.4, 0.5) is 4.79 Å². The smallest absolute Gasteiger partial charge is 0.407 e. The highest BCUT2D eigenvalue weighted by Crippen LogP contribution is 2.48. The molecule has 0 saturated carbocycles. The van der Waals surface area contributed by atoms with Crippen molar-refractivity contribution in [3.63, 3.8) is 0 Å². The van der Waals surface area contributed by atoms with Crippen LogP contribution in [0, 0.1) is 10.8 Å². The molecule has 8 nitrogen and oxygen atoms in total. The monoisotopic (exact) mass is 364 g/mol. The lowest BCUT2D eigenvalue weighted by Crippen LogP contribution is -2.49. The van der Waals surface area contributed by atoms with Crippen LogP contribution in [-0.2, 0) is 19.1 Å². The maximum Gasteiger partial charge on any atom is 0.407 e. The van der Waals surface area contributed by atoms with Gasteiger partial charge in [-0.15, -0.1) is 0 Å². The third kappa shape index (κ3) is 2.50. The van der Waals surface area contributed by atoms with E-state index in [0.29, 0.717) is 11.3 Å². The Bertz CT molecular complexity index is 724. The highest BCUT2D eigenvalue weighted by Gasteiger charge is 2.63. The lowest BCUT2D eigenvalue weighted by Gasteiger charge is -2.35. The van der Waals surface area contributed by atoms with Gasteiger partial charge in [-0.25, -0.2) is 9.59 Å². The summed E-state index contributed by atoms with van der Waals surface area (Å²) in [5, 5.41) is 9.16. The van der Waals surface area contributed by atoms with Crippen molar-refractivity contribution in [2.24, 2.45) is 10.8 Å². The van der Waals surface area contributed by atoms with Crippen molar-refractivity contribution in [3.05, 3.63) is 11.3 Å². The number of ether oxygens (including phenoxy) is 1. The SMILES string of the molecule is CC1=C(N2C(=O)C3(CCN(C(=O)O)CC3)C(=O)C2C(C)(C)C)COC1=O. The van der Waals surface area contributed by atoms with Crippen LogP contribution >= 0.6 is 0 Å². The Labute approximate surface area is 151 Å². The van der Waals surface area contributed by atoms with Crippen LogP contribution in [0.1, 0.15) is 40.5 Å². The molecule has 26 heavy (non-hydrogen) atoms. The van der Waals surface area contributed by atoms with Crippen molar-refractivity contribution < 1.29 is 29.0 Å². The van der Waals surface area contributed by atoms with Crippen LogP contribution in [-0.4, -0.2) is 64.4 Å². The zero-order valence-electron chi connectivity index (χ0n) is 15.5. The molecule has 3 rings (SSSR count). The maximum absolute atomic E-state index is 13.4. The predicted molar refractivity (Wildman–Crippen MR) is 90.0 cm³/mol. The summed E-state index contributed by atoms with van der Waals surface area (Å²) >= 11 is 0. The molecule has 1 unspecified atom stereocenters. The van der Waals surface area contributed by atoms with Crippen LogP contribution in [0.25, 0.3) is 0 Å². The fourth-order valence-corrected chi connectivity index (χ4v) is 4.15. The van der Waals surface area contributed by atoms with E-state index in [9.17, 15) is 19.2 Å². The minimum Gasteiger partial charge on any atom is -0.465 e.